The van der Waals surface area contributed by atoms with E-state index in [0.29, 0.717) is 23.5 Å². The molecule has 2 N–H and O–H groups in total. The van der Waals surface area contributed by atoms with Crippen molar-refractivity contribution in [2.45, 2.75) is 20.3 Å². The van der Waals surface area contributed by atoms with Gasteiger partial charge in [0.2, 0.25) is 0 Å². The van der Waals surface area contributed by atoms with E-state index in [9.17, 15) is 9.18 Å². The maximum atomic E-state index is 13.8. The molecule has 2 rings (SSSR count). The maximum Gasteiger partial charge on any atom is 0.267 e. The largest absolute Gasteiger partial charge is 0.494 e. The van der Waals surface area contributed by atoms with Crippen molar-refractivity contribution < 1.29 is 9.13 Å². The Morgan fingerprint density at radius 2 is 2.11 bits per heavy atom. The van der Waals surface area contributed by atoms with Crippen LogP contribution in [0, 0.1) is 12.7 Å². The minimum atomic E-state index is -0.360. The van der Waals surface area contributed by atoms with Gasteiger partial charge < -0.3 is 9.84 Å². The first kappa shape index (κ1) is 12.4. The minimum absolute atomic E-state index is 0.208. The molecule has 0 aliphatic rings. The van der Waals surface area contributed by atoms with Crippen molar-refractivity contribution in [1.29, 1.82) is 0 Å². The third kappa shape index (κ3) is 2.45. The van der Waals surface area contributed by atoms with Gasteiger partial charge >= 0.3 is 0 Å². The van der Waals surface area contributed by atoms with Gasteiger partial charge in [0.25, 0.3) is 5.56 Å². The van der Waals surface area contributed by atoms with Gasteiger partial charge in [0, 0.05) is 23.7 Å². The molecular formula is C13H15FN2O2. The lowest BCUT2D eigenvalue weighted by molar-refractivity contribution is 0.338. The van der Waals surface area contributed by atoms with Crippen LogP contribution < -0.4 is 10.3 Å². The summed E-state index contributed by atoms with van der Waals surface area (Å²) in [5.41, 5.74) is 1.55. The van der Waals surface area contributed by atoms with Gasteiger partial charge in [-0.05, 0) is 25.5 Å². The van der Waals surface area contributed by atoms with E-state index in [1.54, 1.807) is 19.1 Å². The molecule has 18 heavy (non-hydrogen) atoms. The Morgan fingerprint density at radius 1 is 1.33 bits per heavy atom. The third-order valence-corrected chi connectivity index (χ3v) is 2.79. The molecule has 0 amide bonds. The Morgan fingerprint density at radius 3 is 2.67 bits per heavy atom. The van der Waals surface area contributed by atoms with E-state index < -0.39 is 0 Å². The second kappa shape index (κ2) is 5.08. The van der Waals surface area contributed by atoms with Crippen LogP contribution in [0.5, 0.6) is 5.75 Å². The fourth-order valence-corrected chi connectivity index (χ4v) is 1.80. The van der Waals surface area contributed by atoms with Crippen LogP contribution in [0.4, 0.5) is 4.39 Å². The zero-order chi connectivity index (χ0) is 13.1. The fraction of sp³-hybridized carbons (Fsp3) is 0.308. The first-order chi connectivity index (χ1) is 8.61. The van der Waals surface area contributed by atoms with Gasteiger partial charge in [-0.3, -0.25) is 9.89 Å². The first-order valence-corrected chi connectivity index (χ1v) is 5.79. The molecule has 96 valence electrons. The monoisotopic (exact) mass is 250 g/mol. The molecule has 0 fully saturated rings. The quantitative estimate of drug-likeness (QED) is 0.873. The summed E-state index contributed by atoms with van der Waals surface area (Å²) in [6, 6.07) is 4.69. The third-order valence-electron chi connectivity index (χ3n) is 2.79. The van der Waals surface area contributed by atoms with Crippen molar-refractivity contribution in [3.05, 3.63) is 51.2 Å². The summed E-state index contributed by atoms with van der Waals surface area (Å²) >= 11 is 0. The van der Waals surface area contributed by atoms with E-state index in [4.69, 9.17) is 4.74 Å². The van der Waals surface area contributed by atoms with Crippen LogP contribution in [-0.2, 0) is 6.42 Å². The van der Waals surface area contributed by atoms with Gasteiger partial charge in [0.05, 0.1) is 6.61 Å². The van der Waals surface area contributed by atoms with E-state index in [2.05, 4.69) is 10.2 Å². The Bertz CT molecular complexity index is 601. The summed E-state index contributed by atoms with van der Waals surface area (Å²) in [5.74, 6) is 0.138. The summed E-state index contributed by atoms with van der Waals surface area (Å²) in [4.78, 5) is 11.5. The van der Waals surface area contributed by atoms with Crippen LogP contribution in [0.1, 0.15) is 23.7 Å². The van der Waals surface area contributed by atoms with Crippen molar-refractivity contribution in [3.8, 4) is 5.75 Å². The van der Waals surface area contributed by atoms with E-state index in [0.717, 1.165) is 5.69 Å². The van der Waals surface area contributed by atoms with Crippen molar-refractivity contribution in [3.63, 3.8) is 0 Å². The molecule has 1 aromatic carbocycles. The Balaban J connectivity index is 2.27. The molecule has 0 saturated carbocycles. The normalized spacial score (nSPS) is 10.6. The summed E-state index contributed by atoms with van der Waals surface area (Å²) in [7, 11) is 0. The van der Waals surface area contributed by atoms with Gasteiger partial charge in [-0.2, -0.15) is 0 Å². The number of aromatic amines is 2. The highest BCUT2D eigenvalue weighted by Gasteiger charge is 2.11. The van der Waals surface area contributed by atoms with Crippen LogP contribution >= 0.6 is 0 Å². The number of hydrogen-bond acceptors (Lipinski definition) is 2. The molecule has 0 bridgehead atoms. The van der Waals surface area contributed by atoms with Crippen LogP contribution in [0.2, 0.25) is 0 Å². The molecule has 2 aromatic rings. The van der Waals surface area contributed by atoms with Crippen LogP contribution in [-0.4, -0.2) is 16.8 Å². The average Bonchev–Trinajstić information content (AvgIpc) is 2.64. The number of aromatic nitrogens is 2. The van der Waals surface area contributed by atoms with Gasteiger partial charge in [-0.25, -0.2) is 4.39 Å². The van der Waals surface area contributed by atoms with E-state index >= 15 is 0 Å². The second-order valence-electron chi connectivity index (χ2n) is 4.05. The highest BCUT2D eigenvalue weighted by molar-refractivity contribution is 5.33. The average molecular weight is 250 g/mol. The topological polar surface area (TPSA) is 57.9 Å². The van der Waals surface area contributed by atoms with Crippen molar-refractivity contribution in [2.75, 3.05) is 6.61 Å². The molecule has 5 heteroatoms. The molecular weight excluding hydrogens is 235 g/mol. The van der Waals surface area contributed by atoms with E-state index in [1.165, 1.54) is 6.07 Å². The summed E-state index contributed by atoms with van der Waals surface area (Å²) < 4.78 is 19.0. The smallest absolute Gasteiger partial charge is 0.267 e. The number of aryl methyl sites for hydroxylation is 1. The molecule has 0 atom stereocenters. The van der Waals surface area contributed by atoms with Crippen LogP contribution in [0.3, 0.4) is 0 Å². The SMILES string of the molecule is CCOc1ccc(Cc2c(C)[nH][nH]c2=O)c(F)c1. The van der Waals surface area contributed by atoms with Crippen LogP contribution in [0.25, 0.3) is 0 Å². The second-order valence-corrected chi connectivity index (χ2v) is 4.05. The first-order valence-electron chi connectivity index (χ1n) is 5.79. The lowest BCUT2D eigenvalue weighted by atomic mass is 10.1. The lowest BCUT2D eigenvalue weighted by Crippen LogP contribution is -2.08. The number of rotatable bonds is 4. The number of benzene rings is 1. The number of halogens is 1. The minimum Gasteiger partial charge on any atom is -0.494 e. The standard InChI is InChI=1S/C13H15FN2O2/c1-3-18-10-5-4-9(12(14)7-10)6-11-8(2)15-16-13(11)17/h4-5,7H,3,6H2,1-2H3,(H2,15,16,17). The maximum absolute atomic E-state index is 13.8. The number of H-pyrrole nitrogens is 2. The molecule has 1 heterocycles. The van der Waals surface area contributed by atoms with E-state index in [1.807, 2.05) is 6.92 Å². The fourth-order valence-electron chi connectivity index (χ4n) is 1.80. The van der Waals surface area contributed by atoms with Crippen molar-refractivity contribution in [2.24, 2.45) is 0 Å². The number of nitrogens with one attached hydrogen (secondary N) is 2. The lowest BCUT2D eigenvalue weighted by Gasteiger charge is -2.06. The molecule has 0 saturated heterocycles. The molecule has 0 unspecified atom stereocenters. The number of hydrogen-bond donors (Lipinski definition) is 2. The highest BCUT2D eigenvalue weighted by atomic mass is 19.1. The van der Waals surface area contributed by atoms with E-state index in [-0.39, 0.29) is 17.8 Å². The highest BCUT2D eigenvalue weighted by Crippen LogP contribution is 2.19. The predicted molar refractivity (Wildman–Crippen MR) is 66.5 cm³/mol. The number of ether oxygens (including phenoxy) is 1. The zero-order valence-corrected chi connectivity index (χ0v) is 10.3. The molecule has 0 aliphatic heterocycles. The van der Waals surface area contributed by atoms with Gasteiger partial charge in [0.15, 0.2) is 0 Å². The molecule has 4 nitrogen and oxygen atoms in total. The van der Waals surface area contributed by atoms with Crippen molar-refractivity contribution in [1.82, 2.24) is 10.2 Å². The molecule has 0 aliphatic carbocycles. The van der Waals surface area contributed by atoms with Crippen molar-refractivity contribution >= 4 is 0 Å². The predicted octanol–water partition coefficient (Wildman–Crippen LogP) is 2.14. The van der Waals surface area contributed by atoms with Crippen LogP contribution in [0.15, 0.2) is 23.0 Å². The Kier molecular flexibility index (Phi) is 3.50. The zero-order valence-electron chi connectivity index (χ0n) is 10.3. The molecule has 1 aromatic heterocycles. The molecule has 0 spiro atoms. The van der Waals surface area contributed by atoms with Gasteiger partial charge in [-0.1, -0.05) is 6.07 Å². The van der Waals surface area contributed by atoms with Gasteiger partial charge in [-0.15, -0.1) is 0 Å². The Labute approximate surface area is 104 Å². The summed E-state index contributed by atoms with van der Waals surface area (Å²) in [6.45, 7) is 4.11. The summed E-state index contributed by atoms with van der Waals surface area (Å²) in [6.07, 6.45) is 0.267. The molecule has 0 radical (unpaired) electrons. The Hall–Kier alpha value is -2.04. The van der Waals surface area contributed by atoms with Gasteiger partial charge in [0.1, 0.15) is 11.6 Å². The summed E-state index contributed by atoms with van der Waals surface area (Å²) in [5, 5.41) is 5.20.